The highest BCUT2D eigenvalue weighted by Crippen LogP contribution is 2.11. The molecule has 0 aromatic carbocycles. The first-order valence-electron chi connectivity index (χ1n) is 4.30. The van der Waals surface area contributed by atoms with E-state index >= 15 is 0 Å². The van der Waals surface area contributed by atoms with E-state index in [9.17, 15) is 9.59 Å². The van der Waals surface area contributed by atoms with Crippen molar-refractivity contribution in [2.45, 2.75) is 13.5 Å². The highest BCUT2D eigenvalue weighted by Gasteiger charge is 2.28. The van der Waals surface area contributed by atoms with Gasteiger partial charge in [-0.1, -0.05) is 0 Å². The molecule has 74 valence electrons. The summed E-state index contributed by atoms with van der Waals surface area (Å²) in [6, 6.07) is 3.20. The molecule has 14 heavy (non-hydrogen) atoms. The van der Waals surface area contributed by atoms with Crippen molar-refractivity contribution in [1.82, 2.24) is 10.2 Å². The summed E-state index contributed by atoms with van der Waals surface area (Å²) in [7, 11) is 0. The predicted octanol–water partition coefficient (Wildman–Crippen LogP) is 0.640. The van der Waals surface area contributed by atoms with Gasteiger partial charge < -0.3 is 9.73 Å². The van der Waals surface area contributed by atoms with Gasteiger partial charge in [0, 0.05) is 0 Å². The molecule has 0 radical (unpaired) electrons. The van der Waals surface area contributed by atoms with Crippen LogP contribution in [0.3, 0.4) is 0 Å². The maximum absolute atomic E-state index is 11.2. The van der Waals surface area contributed by atoms with Crippen LogP contribution in [0.15, 0.2) is 16.5 Å². The predicted molar refractivity (Wildman–Crippen MR) is 47.4 cm³/mol. The molecule has 2 rings (SSSR count). The fraction of sp³-hybridized carbons (Fsp3) is 0.333. The normalized spacial score (nSPS) is 16.2. The van der Waals surface area contributed by atoms with Crippen molar-refractivity contribution in [3.05, 3.63) is 23.7 Å². The zero-order chi connectivity index (χ0) is 10.1. The Kier molecular flexibility index (Phi) is 1.99. The number of amides is 3. The Morgan fingerprint density at radius 1 is 1.50 bits per heavy atom. The molecule has 0 unspecified atom stereocenters. The third-order valence-electron chi connectivity index (χ3n) is 2.05. The molecule has 0 saturated carbocycles. The maximum Gasteiger partial charge on any atom is 0.325 e. The van der Waals surface area contributed by atoms with E-state index in [-0.39, 0.29) is 25.0 Å². The number of aryl methyl sites for hydroxylation is 1. The fourth-order valence-corrected chi connectivity index (χ4v) is 1.34. The Labute approximate surface area is 80.7 Å². The highest BCUT2D eigenvalue weighted by atomic mass is 16.3. The van der Waals surface area contributed by atoms with Gasteiger partial charge in [-0.15, -0.1) is 0 Å². The molecule has 1 N–H and O–H groups in total. The Bertz CT molecular complexity index is 367. The second-order valence-corrected chi connectivity index (χ2v) is 3.15. The van der Waals surface area contributed by atoms with Crippen molar-refractivity contribution < 1.29 is 14.0 Å². The molecule has 1 aromatic rings. The summed E-state index contributed by atoms with van der Waals surface area (Å²) in [6.07, 6.45) is 0. The van der Waals surface area contributed by atoms with Crippen molar-refractivity contribution in [1.29, 1.82) is 0 Å². The number of rotatable bonds is 2. The molecule has 5 heteroatoms. The zero-order valence-electron chi connectivity index (χ0n) is 7.74. The average molecular weight is 194 g/mol. The number of nitrogens with one attached hydrogen (secondary N) is 1. The monoisotopic (exact) mass is 194 g/mol. The molecule has 0 bridgehead atoms. The van der Waals surface area contributed by atoms with Crippen LogP contribution < -0.4 is 5.32 Å². The molecule has 0 aliphatic carbocycles. The molecule has 1 saturated heterocycles. The van der Waals surface area contributed by atoms with Crippen molar-refractivity contribution in [2.75, 3.05) is 6.54 Å². The number of carbonyl (C=O) groups excluding carboxylic acids is 2. The molecule has 0 spiro atoms. The van der Waals surface area contributed by atoms with Gasteiger partial charge in [-0.3, -0.25) is 9.69 Å². The largest absolute Gasteiger partial charge is 0.464 e. The van der Waals surface area contributed by atoms with Gasteiger partial charge in [-0.2, -0.15) is 0 Å². The minimum Gasteiger partial charge on any atom is -0.464 e. The molecule has 2 heterocycles. The summed E-state index contributed by atoms with van der Waals surface area (Å²) >= 11 is 0. The molecule has 1 aromatic heterocycles. The quantitative estimate of drug-likeness (QED) is 0.703. The van der Waals surface area contributed by atoms with Crippen LogP contribution >= 0.6 is 0 Å². The first kappa shape index (κ1) is 8.80. The molecular weight excluding hydrogens is 184 g/mol. The minimum absolute atomic E-state index is 0.0819. The number of hydrogen-bond acceptors (Lipinski definition) is 3. The summed E-state index contributed by atoms with van der Waals surface area (Å²) < 4.78 is 5.27. The summed E-state index contributed by atoms with van der Waals surface area (Å²) in [5.41, 5.74) is 0. The standard InChI is InChI=1S/C9H10N2O3/c1-6-2-3-7(14-6)5-11-8(12)4-10-9(11)13/h2-3H,4-5H2,1H3,(H,10,13). The van der Waals surface area contributed by atoms with Crippen LogP contribution in [0, 0.1) is 6.92 Å². The average Bonchev–Trinajstić information content (AvgIpc) is 2.67. The van der Waals surface area contributed by atoms with Gasteiger partial charge in [0.25, 0.3) is 0 Å². The molecule has 5 nitrogen and oxygen atoms in total. The van der Waals surface area contributed by atoms with Crippen molar-refractivity contribution in [2.24, 2.45) is 0 Å². The lowest BCUT2D eigenvalue weighted by atomic mass is 10.4. The van der Waals surface area contributed by atoms with Crippen LogP contribution in [0.4, 0.5) is 4.79 Å². The van der Waals surface area contributed by atoms with E-state index in [0.717, 1.165) is 10.7 Å². The van der Waals surface area contributed by atoms with Gasteiger partial charge in [0.1, 0.15) is 11.5 Å². The number of imide groups is 1. The Morgan fingerprint density at radius 2 is 2.29 bits per heavy atom. The molecule has 3 amide bonds. The molecular formula is C9H10N2O3. The summed E-state index contributed by atoms with van der Waals surface area (Å²) in [5, 5.41) is 2.44. The summed E-state index contributed by atoms with van der Waals surface area (Å²) in [5.74, 6) is 1.17. The van der Waals surface area contributed by atoms with Gasteiger partial charge >= 0.3 is 6.03 Å². The number of urea groups is 1. The lowest BCUT2D eigenvalue weighted by Crippen LogP contribution is -2.30. The van der Waals surface area contributed by atoms with Crippen LogP contribution in [-0.4, -0.2) is 23.4 Å². The molecule has 1 fully saturated rings. The second kappa shape index (κ2) is 3.17. The Hall–Kier alpha value is -1.78. The van der Waals surface area contributed by atoms with Crippen molar-refractivity contribution in [3.63, 3.8) is 0 Å². The first-order valence-corrected chi connectivity index (χ1v) is 4.30. The van der Waals surface area contributed by atoms with Crippen LogP contribution in [0.1, 0.15) is 11.5 Å². The van der Waals surface area contributed by atoms with Gasteiger partial charge in [0.05, 0.1) is 13.1 Å². The van der Waals surface area contributed by atoms with Crippen LogP contribution in [-0.2, 0) is 11.3 Å². The van der Waals surface area contributed by atoms with Crippen LogP contribution in [0.2, 0.25) is 0 Å². The maximum atomic E-state index is 11.2. The first-order chi connectivity index (χ1) is 6.66. The topological polar surface area (TPSA) is 62.6 Å². The van der Waals surface area contributed by atoms with E-state index in [0.29, 0.717) is 5.76 Å². The van der Waals surface area contributed by atoms with E-state index in [1.165, 1.54) is 0 Å². The number of carbonyl (C=O) groups is 2. The summed E-state index contributed by atoms with van der Waals surface area (Å²) in [4.78, 5) is 23.5. The SMILES string of the molecule is Cc1ccc(CN2C(=O)CNC2=O)o1. The Morgan fingerprint density at radius 3 is 2.79 bits per heavy atom. The van der Waals surface area contributed by atoms with Gasteiger partial charge in [0.2, 0.25) is 5.91 Å². The molecule has 1 aliphatic heterocycles. The summed E-state index contributed by atoms with van der Waals surface area (Å²) in [6.45, 7) is 2.10. The minimum atomic E-state index is -0.357. The molecule has 1 aliphatic rings. The van der Waals surface area contributed by atoms with E-state index in [2.05, 4.69) is 5.32 Å². The van der Waals surface area contributed by atoms with Gasteiger partial charge in [0.15, 0.2) is 0 Å². The third kappa shape index (κ3) is 1.48. The van der Waals surface area contributed by atoms with E-state index in [4.69, 9.17) is 4.42 Å². The van der Waals surface area contributed by atoms with Gasteiger partial charge in [-0.05, 0) is 19.1 Å². The second-order valence-electron chi connectivity index (χ2n) is 3.15. The van der Waals surface area contributed by atoms with E-state index < -0.39 is 0 Å². The number of nitrogens with zero attached hydrogens (tertiary/aromatic N) is 1. The lowest BCUT2D eigenvalue weighted by Gasteiger charge is -2.09. The molecule has 0 atom stereocenters. The van der Waals surface area contributed by atoms with E-state index in [1.807, 2.05) is 6.92 Å². The van der Waals surface area contributed by atoms with Crippen LogP contribution in [0.25, 0.3) is 0 Å². The van der Waals surface area contributed by atoms with E-state index in [1.54, 1.807) is 12.1 Å². The smallest absolute Gasteiger partial charge is 0.325 e. The van der Waals surface area contributed by atoms with Crippen molar-refractivity contribution in [3.8, 4) is 0 Å². The highest BCUT2D eigenvalue weighted by molar-refractivity contribution is 6.01. The van der Waals surface area contributed by atoms with Crippen LogP contribution in [0.5, 0.6) is 0 Å². The van der Waals surface area contributed by atoms with Crippen molar-refractivity contribution >= 4 is 11.9 Å². The fourth-order valence-electron chi connectivity index (χ4n) is 1.34. The third-order valence-corrected chi connectivity index (χ3v) is 2.05. The Balaban J connectivity index is 2.10. The number of furan rings is 1. The van der Waals surface area contributed by atoms with Gasteiger partial charge in [-0.25, -0.2) is 4.79 Å². The number of hydrogen-bond donors (Lipinski definition) is 1. The zero-order valence-corrected chi connectivity index (χ0v) is 7.74. The lowest BCUT2D eigenvalue weighted by molar-refractivity contribution is -0.125.